The van der Waals surface area contributed by atoms with Gasteiger partial charge < -0.3 is 21.1 Å². The van der Waals surface area contributed by atoms with Gasteiger partial charge in [0.25, 0.3) is 0 Å². The molecule has 2 aromatic rings. The van der Waals surface area contributed by atoms with Crippen LogP contribution in [0.1, 0.15) is 6.92 Å². The summed E-state index contributed by atoms with van der Waals surface area (Å²) in [6, 6.07) is 12.6. The molecule has 4 N–H and O–H groups in total. The molecule has 3 amide bonds. The van der Waals surface area contributed by atoms with Crippen molar-refractivity contribution in [3.63, 3.8) is 0 Å². The highest BCUT2D eigenvalue weighted by atomic mass is 16.3. The molecule has 0 aliphatic rings. The molecule has 2 aromatic carbocycles. The van der Waals surface area contributed by atoms with E-state index in [0.717, 1.165) is 0 Å². The van der Waals surface area contributed by atoms with E-state index in [0.29, 0.717) is 17.1 Å². The van der Waals surface area contributed by atoms with Gasteiger partial charge in [0.05, 0.1) is 0 Å². The van der Waals surface area contributed by atoms with Gasteiger partial charge in [0.2, 0.25) is 5.91 Å². The number of aromatic hydroxyl groups is 1. The lowest BCUT2D eigenvalue weighted by molar-refractivity contribution is -0.114. The third-order valence-electron chi connectivity index (χ3n) is 2.54. The van der Waals surface area contributed by atoms with E-state index in [4.69, 9.17) is 0 Å². The molecular weight excluding hydrogens is 270 g/mol. The van der Waals surface area contributed by atoms with E-state index in [1.807, 2.05) is 0 Å². The molecule has 0 unspecified atom stereocenters. The van der Waals surface area contributed by atoms with Crippen LogP contribution in [0.3, 0.4) is 0 Å². The van der Waals surface area contributed by atoms with Crippen molar-refractivity contribution in [1.29, 1.82) is 0 Å². The Morgan fingerprint density at radius 1 is 0.857 bits per heavy atom. The van der Waals surface area contributed by atoms with Gasteiger partial charge in [0.15, 0.2) is 0 Å². The fourth-order valence-electron chi connectivity index (χ4n) is 1.76. The summed E-state index contributed by atoms with van der Waals surface area (Å²) in [6.45, 7) is 1.41. The van der Waals surface area contributed by atoms with Crippen LogP contribution in [0.25, 0.3) is 0 Å². The molecule has 0 heterocycles. The number of rotatable bonds is 3. The first kappa shape index (κ1) is 14.4. The smallest absolute Gasteiger partial charge is 0.323 e. The monoisotopic (exact) mass is 285 g/mol. The van der Waals surface area contributed by atoms with E-state index in [2.05, 4.69) is 16.0 Å². The Kier molecular flexibility index (Phi) is 4.40. The number of carbonyl (C=O) groups excluding carboxylic acids is 2. The van der Waals surface area contributed by atoms with Gasteiger partial charge in [-0.25, -0.2) is 4.79 Å². The molecule has 0 saturated carbocycles. The Labute approximate surface area is 121 Å². The fraction of sp³-hybridized carbons (Fsp3) is 0.0667. The van der Waals surface area contributed by atoms with Crippen molar-refractivity contribution >= 4 is 29.0 Å². The van der Waals surface area contributed by atoms with Gasteiger partial charge in [0, 0.05) is 30.1 Å². The van der Waals surface area contributed by atoms with Crippen molar-refractivity contribution in [2.75, 3.05) is 16.0 Å². The van der Waals surface area contributed by atoms with E-state index in [-0.39, 0.29) is 11.7 Å². The molecule has 108 valence electrons. The number of urea groups is 1. The van der Waals surface area contributed by atoms with E-state index < -0.39 is 6.03 Å². The van der Waals surface area contributed by atoms with E-state index in [1.165, 1.54) is 19.1 Å². The predicted molar refractivity (Wildman–Crippen MR) is 81.5 cm³/mol. The lowest BCUT2D eigenvalue weighted by Gasteiger charge is -2.09. The Morgan fingerprint density at radius 3 is 1.95 bits per heavy atom. The Hall–Kier alpha value is -3.02. The summed E-state index contributed by atoms with van der Waals surface area (Å²) in [6.07, 6.45) is 0. The number of phenols is 1. The maximum absolute atomic E-state index is 11.8. The van der Waals surface area contributed by atoms with Gasteiger partial charge in [-0.2, -0.15) is 0 Å². The number of hydrogen-bond donors (Lipinski definition) is 4. The average Bonchev–Trinajstić information content (AvgIpc) is 2.37. The molecule has 0 spiro atoms. The molecular formula is C15H15N3O3. The van der Waals surface area contributed by atoms with Crippen molar-refractivity contribution in [2.45, 2.75) is 6.92 Å². The van der Waals surface area contributed by atoms with Gasteiger partial charge >= 0.3 is 6.03 Å². The quantitative estimate of drug-likeness (QED) is 0.698. The third kappa shape index (κ3) is 4.54. The van der Waals surface area contributed by atoms with E-state index in [9.17, 15) is 14.7 Å². The Morgan fingerprint density at radius 2 is 1.38 bits per heavy atom. The molecule has 0 atom stereocenters. The van der Waals surface area contributed by atoms with Crippen LogP contribution in [-0.4, -0.2) is 17.0 Å². The van der Waals surface area contributed by atoms with Crippen molar-refractivity contribution in [3.05, 3.63) is 48.5 Å². The number of phenolic OH excluding ortho intramolecular Hbond substituents is 1. The second-order valence-electron chi connectivity index (χ2n) is 4.39. The number of hydrogen-bond acceptors (Lipinski definition) is 3. The minimum atomic E-state index is -0.444. The van der Waals surface area contributed by atoms with Gasteiger partial charge in [-0.1, -0.05) is 12.1 Å². The molecule has 6 heteroatoms. The van der Waals surface area contributed by atoms with Crippen molar-refractivity contribution in [2.24, 2.45) is 0 Å². The summed E-state index contributed by atoms with van der Waals surface area (Å²) in [7, 11) is 0. The highest BCUT2D eigenvalue weighted by Crippen LogP contribution is 2.17. The molecule has 6 nitrogen and oxygen atoms in total. The molecule has 0 aliphatic carbocycles. The van der Waals surface area contributed by atoms with E-state index >= 15 is 0 Å². The first-order valence-electron chi connectivity index (χ1n) is 6.27. The molecule has 0 aromatic heterocycles. The summed E-state index contributed by atoms with van der Waals surface area (Å²) in [5.74, 6) is -0.114. The number of benzene rings is 2. The maximum Gasteiger partial charge on any atom is 0.323 e. The normalized spacial score (nSPS) is 9.76. The zero-order valence-corrected chi connectivity index (χ0v) is 11.4. The number of amides is 3. The van der Waals surface area contributed by atoms with Crippen LogP contribution < -0.4 is 16.0 Å². The summed E-state index contributed by atoms with van der Waals surface area (Å²) < 4.78 is 0. The minimum Gasteiger partial charge on any atom is -0.508 e. The van der Waals surface area contributed by atoms with Crippen LogP contribution in [-0.2, 0) is 4.79 Å². The molecule has 21 heavy (non-hydrogen) atoms. The second kappa shape index (κ2) is 6.42. The van der Waals surface area contributed by atoms with Gasteiger partial charge in [0.1, 0.15) is 5.75 Å². The topological polar surface area (TPSA) is 90.5 Å². The van der Waals surface area contributed by atoms with Crippen LogP contribution in [0, 0.1) is 0 Å². The number of anilines is 3. The van der Waals surface area contributed by atoms with Crippen LogP contribution in [0.2, 0.25) is 0 Å². The molecule has 0 saturated heterocycles. The lowest BCUT2D eigenvalue weighted by Crippen LogP contribution is -2.19. The zero-order chi connectivity index (χ0) is 15.2. The van der Waals surface area contributed by atoms with Gasteiger partial charge in [-0.05, 0) is 30.3 Å². The lowest BCUT2D eigenvalue weighted by atomic mass is 10.2. The summed E-state index contributed by atoms with van der Waals surface area (Å²) >= 11 is 0. The summed E-state index contributed by atoms with van der Waals surface area (Å²) in [4.78, 5) is 22.8. The molecule has 0 fully saturated rings. The van der Waals surface area contributed by atoms with Crippen LogP contribution in [0.4, 0.5) is 21.9 Å². The summed E-state index contributed by atoms with van der Waals surface area (Å²) in [5.41, 5.74) is 1.61. The maximum atomic E-state index is 11.8. The second-order valence-corrected chi connectivity index (χ2v) is 4.39. The first-order chi connectivity index (χ1) is 10.0. The standard InChI is InChI=1S/C15H15N3O3/c1-10(19)16-11-4-2-5-12(8-11)17-15(21)18-13-6-3-7-14(20)9-13/h2-9,20H,1H3,(H,16,19)(H2,17,18,21). The van der Waals surface area contributed by atoms with Gasteiger partial charge in [-0.3, -0.25) is 4.79 Å². The van der Waals surface area contributed by atoms with Gasteiger partial charge in [-0.15, -0.1) is 0 Å². The number of nitrogens with one attached hydrogen (secondary N) is 3. The molecule has 0 radical (unpaired) electrons. The average molecular weight is 285 g/mol. The van der Waals surface area contributed by atoms with Crippen molar-refractivity contribution in [3.8, 4) is 5.75 Å². The van der Waals surface area contributed by atoms with Crippen LogP contribution in [0.15, 0.2) is 48.5 Å². The fourth-order valence-corrected chi connectivity index (χ4v) is 1.76. The van der Waals surface area contributed by atoms with Crippen molar-refractivity contribution in [1.82, 2.24) is 0 Å². The number of carbonyl (C=O) groups is 2. The van der Waals surface area contributed by atoms with E-state index in [1.54, 1.807) is 36.4 Å². The first-order valence-corrected chi connectivity index (χ1v) is 6.27. The predicted octanol–water partition coefficient (Wildman–Crippen LogP) is 2.99. The van der Waals surface area contributed by atoms with Crippen LogP contribution >= 0.6 is 0 Å². The Balaban J connectivity index is 2.01. The SMILES string of the molecule is CC(=O)Nc1cccc(NC(=O)Nc2cccc(O)c2)c1. The van der Waals surface area contributed by atoms with Crippen molar-refractivity contribution < 1.29 is 14.7 Å². The highest BCUT2D eigenvalue weighted by Gasteiger charge is 2.04. The highest BCUT2D eigenvalue weighted by molar-refractivity contribution is 6.00. The zero-order valence-electron chi connectivity index (χ0n) is 11.4. The Bertz CT molecular complexity index is 671. The largest absolute Gasteiger partial charge is 0.508 e. The molecule has 0 bridgehead atoms. The third-order valence-corrected chi connectivity index (χ3v) is 2.54. The minimum absolute atomic E-state index is 0.0699. The molecule has 2 rings (SSSR count). The molecule has 0 aliphatic heterocycles. The summed E-state index contributed by atoms with van der Waals surface area (Å²) in [5, 5.41) is 17.2. The van der Waals surface area contributed by atoms with Crippen LogP contribution in [0.5, 0.6) is 5.75 Å².